The van der Waals surface area contributed by atoms with Crippen molar-refractivity contribution < 1.29 is 24.2 Å². The van der Waals surface area contributed by atoms with Crippen molar-refractivity contribution in [3.05, 3.63) is 70.8 Å². The minimum absolute atomic E-state index is 0.105. The lowest BCUT2D eigenvalue weighted by Gasteiger charge is -2.27. The first-order valence-electron chi connectivity index (χ1n) is 11.0. The van der Waals surface area contributed by atoms with Gasteiger partial charge in [0, 0.05) is 18.7 Å². The molecule has 0 unspecified atom stereocenters. The second-order valence-corrected chi connectivity index (χ2v) is 8.64. The Morgan fingerprint density at radius 1 is 1.12 bits per heavy atom. The maximum Gasteiger partial charge on any atom is 0.295 e. The van der Waals surface area contributed by atoms with Gasteiger partial charge in [-0.3, -0.25) is 9.59 Å². The standard InChI is InChI=1S/C26H29NO5/c1-16(2)17-6-8-18(9-7-17)23-22(24(28)19-10-12-20(31-3)13-11-19)25(29)26(30)27(23)15-21-5-4-14-32-21/h6-13,16,21,23,28H,4-5,14-15H2,1-3H3/b24-22+/t21-,23+/m0/s1. The number of hydrogen-bond donors (Lipinski definition) is 1. The van der Waals surface area contributed by atoms with Crippen molar-refractivity contribution in [1.29, 1.82) is 0 Å². The van der Waals surface area contributed by atoms with Crippen LogP contribution in [0.3, 0.4) is 0 Å². The van der Waals surface area contributed by atoms with Gasteiger partial charge in [-0.25, -0.2) is 0 Å². The van der Waals surface area contributed by atoms with Crippen LogP contribution in [0.1, 0.15) is 55.3 Å². The number of carbonyl (C=O) groups is 2. The number of carbonyl (C=O) groups excluding carboxylic acids is 2. The first-order chi connectivity index (χ1) is 15.4. The summed E-state index contributed by atoms with van der Waals surface area (Å²) in [4.78, 5) is 27.7. The molecule has 168 valence electrons. The summed E-state index contributed by atoms with van der Waals surface area (Å²) in [6.45, 7) is 5.21. The second-order valence-electron chi connectivity index (χ2n) is 8.64. The molecule has 2 aliphatic heterocycles. The molecule has 0 saturated carbocycles. The van der Waals surface area contributed by atoms with Gasteiger partial charge in [0.25, 0.3) is 11.7 Å². The van der Waals surface area contributed by atoms with E-state index in [2.05, 4.69) is 13.8 Å². The van der Waals surface area contributed by atoms with Crippen LogP contribution in [0.2, 0.25) is 0 Å². The Hall–Kier alpha value is -3.12. The molecule has 0 aromatic heterocycles. The van der Waals surface area contributed by atoms with E-state index in [0.717, 1.165) is 18.4 Å². The summed E-state index contributed by atoms with van der Waals surface area (Å²) in [6.07, 6.45) is 1.68. The lowest BCUT2D eigenvalue weighted by atomic mass is 9.93. The quantitative estimate of drug-likeness (QED) is 0.413. The topological polar surface area (TPSA) is 76.1 Å². The number of likely N-dealkylation sites (tertiary alicyclic amines) is 1. The summed E-state index contributed by atoms with van der Waals surface area (Å²) in [5, 5.41) is 11.1. The van der Waals surface area contributed by atoms with Gasteiger partial charge in [0.2, 0.25) is 0 Å². The number of hydrogen-bond acceptors (Lipinski definition) is 5. The highest BCUT2D eigenvalue weighted by atomic mass is 16.5. The minimum atomic E-state index is -0.672. The van der Waals surface area contributed by atoms with Crippen molar-refractivity contribution in [2.24, 2.45) is 0 Å². The molecule has 6 nitrogen and oxygen atoms in total. The van der Waals surface area contributed by atoms with E-state index >= 15 is 0 Å². The molecule has 2 aliphatic rings. The molecule has 2 atom stereocenters. The lowest BCUT2D eigenvalue weighted by molar-refractivity contribution is -0.140. The molecule has 1 amide bonds. The molecule has 2 aromatic rings. The molecule has 0 bridgehead atoms. The van der Waals surface area contributed by atoms with E-state index in [1.807, 2.05) is 24.3 Å². The summed E-state index contributed by atoms with van der Waals surface area (Å²) in [5.74, 6) is -0.454. The number of nitrogens with zero attached hydrogens (tertiary/aromatic N) is 1. The van der Waals surface area contributed by atoms with Crippen molar-refractivity contribution in [2.45, 2.75) is 44.8 Å². The molecule has 32 heavy (non-hydrogen) atoms. The average molecular weight is 436 g/mol. The molecule has 0 radical (unpaired) electrons. The molecule has 1 N–H and O–H groups in total. The van der Waals surface area contributed by atoms with Crippen molar-refractivity contribution in [3.63, 3.8) is 0 Å². The van der Waals surface area contributed by atoms with E-state index in [9.17, 15) is 14.7 Å². The summed E-state index contributed by atoms with van der Waals surface area (Å²) >= 11 is 0. The minimum Gasteiger partial charge on any atom is -0.507 e. The third kappa shape index (κ3) is 4.15. The van der Waals surface area contributed by atoms with E-state index in [1.165, 1.54) is 5.56 Å². The van der Waals surface area contributed by atoms with Gasteiger partial charge in [0.05, 0.1) is 24.8 Å². The zero-order valence-electron chi connectivity index (χ0n) is 18.7. The van der Waals surface area contributed by atoms with E-state index in [0.29, 0.717) is 30.4 Å². The monoisotopic (exact) mass is 435 g/mol. The maximum atomic E-state index is 13.1. The van der Waals surface area contributed by atoms with Gasteiger partial charge in [0.15, 0.2) is 0 Å². The lowest BCUT2D eigenvalue weighted by Crippen LogP contribution is -2.36. The van der Waals surface area contributed by atoms with Crippen LogP contribution in [-0.4, -0.2) is 48.1 Å². The number of benzene rings is 2. The Morgan fingerprint density at radius 2 is 1.81 bits per heavy atom. The molecule has 2 heterocycles. The number of ether oxygens (including phenoxy) is 2. The fourth-order valence-electron chi connectivity index (χ4n) is 4.39. The molecular weight excluding hydrogens is 406 g/mol. The Kier molecular flexibility index (Phi) is 6.33. The predicted molar refractivity (Wildman–Crippen MR) is 122 cm³/mol. The summed E-state index contributed by atoms with van der Waals surface area (Å²) in [7, 11) is 1.56. The third-order valence-corrected chi connectivity index (χ3v) is 6.25. The Labute approximate surface area is 188 Å². The van der Waals surface area contributed by atoms with Crippen LogP contribution in [0, 0.1) is 0 Å². The van der Waals surface area contributed by atoms with Crippen LogP contribution >= 0.6 is 0 Å². The molecule has 2 aromatic carbocycles. The van der Waals surface area contributed by atoms with E-state index in [1.54, 1.807) is 36.3 Å². The molecule has 0 spiro atoms. The van der Waals surface area contributed by atoms with Gasteiger partial charge in [-0.05, 0) is 54.2 Å². The SMILES string of the molecule is COc1ccc(/C(O)=C2\C(=O)C(=O)N(C[C@@H]3CCCO3)[C@@H]2c2ccc(C(C)C)cc2)cc1. The number of Topliss-reactive ketones (excluding diaryl/α,β-unsaturated/α-hetero) is 1. The Balaban J connectivity index is 1.79. The van der Waals surface area contributed by atoms with E-state index < -0.39 is 17.7 Å². The number of ketones is 1. The molecule has 4 rings (SSSR count). The summed E-state index contributed by atoms with van der Waals surface area (Å²) < 4.78 is 10.9. The summed E-state index contributed by atoms with van der Waals surface area (Å²) in [6, 6.07) is 14.0. The molecular formula is C26H29NO5. The second kappa shape index (κ2) is 9.17. The highest BCUT2D eigenvalue weighted by molar-refractivity contribution is 6.46. The number of aliphatic hydroxyl groups is 1. The van der Waals surface area contributed by atoms with Crippen LogP contribution < -0.4 is 4.74 Å². The normalized spacial score (nSPS) is 22.7. The first-order valence-corrected chi connectivity index (χ1v) is 11.0. The molecule has 6 heteroatoms. The average Bonchev–Trinajstić information content (AvgIpc) is 3.41. The van der Waals surface area contributed by atoms with Gasteiger partial charge in [-0.2, -0.15) is 0 Å². The number of amides is 1. The molecule has 2 saturated heterocycles. The van der Waals surface area contributed by atoms with Crippen LogP contribution in [0.15, 0.2) is 54.1 Å². The highest BCUT2D eigenvalue weighted by Crippen LogP contribution is 2.40. The highest BCUT2D eigenvalue weighted by Gasteiger charge is 2.47. The van der Waals surface area contributed by atoms with Crippen molar-refractivity contribution in [2.75, 3.05) is 20.3 Å². The van der Waals surface area contributed by atoms with Crippen molar-refractivity contribution >= 4 is 17.4 Å². The number of methoxy groups -OCH3 is 1. The van der Waals surface area contributed by atoms with Gasteiger partial charge < -0.3 is 19.5 Å². The number of rotatable bonds is 6. The smallest absolute Gasteiger partial charge is 0.295 e. The third-order valence-electron chi connectivity index (χ3n) is 6.25. The Bertz CT molecular complexity index is 1020. The Morgan fingerprint density at radius 3 is 2.38 bits per heavy atom. The number of aliphatic hydroxyl groups excluding tert-OH is 1. The first kappa shape index (κ1) is 22.1. The van der Waals surface area contributed by atoms with Gasteiger partial charge >= 0.3 is 0 Å². The van der Waals surface area contributed by atoms with E-state index in [-0.39, 0.29) is 17.4 Å². The predicted octanol–water partition coefficient (Wildman–Crippen LogP) is 4.42. The molecule has 0 aliphatic carbocycles. The van der Waals surface area contributed by atoms with Gasteiger partial charge in [0.1, 0.15) is 11.5 Å². The molecule has 2 fully saturated rings. The van der Waals surface area contributed by atoms with Crippen molar-refractivity contribution in [1.82, 2.24) is 4.90 Å². The fraction of sp³-hybridized carbons (Fsp3) is 0.385. The largest absolute Gasteiger partial charge is 0.507 e. The van der Waals surface area contributed by atoms with Crippen molar-refractivity contribution in [3.8, 4) is 5.75 Å². The van der Waals surface area contributed by atoms with Crippen LogP contribution in [0.25, 0.3) is 5.76 Å². The maximum absolute atomic E-state index is 13.1. The fourth-order valence-corrected chi connectivity index (χ4v) is 4.39. The van der Waals surface area contributed by atoms with Gasteiger partial charge in [-0.15, -0.1) is 0 Å². The van der Waals surface area contributed by atoms with Crippen LogP contribution in [0.4, 0.5) is 0 Å². The van der Waals surface area contributed by atoms with E-state index in [4.69, 9.17) is 9.47 Å². The zero-order chi connectivity index (χ0) is 22.8. The summed E-state index contributed by atoms with van der Waals surface area (Å²) in [5.41, 5.74) is 2.53. The van der Waals surface area contributed by atoms with Crippen LogP contribution in [-0.2, 0) is 14.3 Å². The zero-order valence-corrected chi connectivity index (χ0v) is 18.7. The van der Waals surface area contributed by atoms with Crippen LogP contribution in [0.5, 0.6) is 5.75 Å². The van der Waals surface area contributed by atoms with Gasteiger partial charge in [-0.1, -0.05) is 38.1 Å².